The molecule has 2 N–H and O–H groups in total. The first-order valence-corrected chi connectivity index (χ1v) is 6.11. The second kappa shape index (κ2) is 4.61. The van der Waals surface area contributed by atoms with E-state index in [9.17, 15) is 0 Å². The number of nitrogens with two attached hydrogens (primary N) is 1. The SMILES string of the molecule is CC(C)(C)Cc1noc(-c2ccc(N)c(Cl)c2)n1. The van der Waals surface area contributed by atoms with Crippen molar-refractivity contribution in [1.29, 1.82) is 0 Å². The highest BCUT2D eigenvalue weighted by molar-refractivity contribution is 6.33. The molecule has 4 nitrogen and oxygen atoms in total. The minimum absolute atomic E-state index is 0.125. The summed E-state index contributed by atoms with van der Waals surface area (Å²) in [6.07, 6.45) is 0.763. The average Bonchev–Trinajstić information content (AvgIpc) is 2.68. The van der Waals surface area contributed by atoms with E-state index in [1.165, 1.54) is 0 Å². The highest BCUT2D eigenvalue weighted by atomic mass is 35.5. The van der Waals surface area contributed by atoms with Gasteiger partial charge in [-0.25, -0.2) is 0 Å². The van der Waals surface area contributed by atoms with Gasteiger partial charge in [0.15, 0.2) is 5.82 Å². The van der Waals surface area contributed by atoms with Gasteiger partial charge in [0.1, 0.15) is 0 Å². The third-order valence-corrected chi connectivity index (χ3v) is 2.73. The Balaban J connectivity index is 2.26. The van der Waals surface area contributed by atoms with Crippen LogP contribution in [0.3, 0.4) is 0 Å². The van der Waals surface area contributed by atoms with E-state index < -0.39 is 0 Å². The van der Waals surface area contributed by atoms with Crippen LogP contribution < -0.4 is 5.73 Å². The Labute approximate surface area is 111 Å². The summed E-state index contributed by atoms with van der Waals surface area (Å²) in [6, 6.07) is 5.27. The summed E-state index contributed by atoms with van der Waals surface area (Å²) >= 11 is 5.96. The Morgan fingerprint density at radius 1 is 1.33 bits per heavy atom. The molecule has 0 aliphatic heterocycles. The quantitative estimate of drug-likeness (QED) is 0.843. The zero-order chi connectivity index (χ0) is 13.3. The standard InChI is InChI=1S/C13H16ClN3O/c1-13(2,3)7-11-16-12(18-17-11)8-4-5-10(15)9(14)6-8/h4-6H,7,15H2,1-3H3. The number of aromatic nitrogens is 2. The molecule has 0 radical (unpaired) electrons. The van der Waals surface area contributed by atoms with Crippen molar-refractivity contribution in [2.45, 2.75) is 27.2 Å². The van der Waals surface area contributed by atoms with E-state index in [1.807, 2.05) is 6.07 Å². The van der Waals surface area contributed by atoms with Crippen molar-refractivity contribution < 1.29 is 4.52 Å². The Morgan fingerprint density at radius 2 is 2.06 bits per heavy atom. The average molecular weight is 266 g/mol. The number of hydrogen-bond donors (Lipinski definition) is 1. The lowest BCUT2D eigenvalue weighted by Gasteiger charge is -2.14. The van der Waals surface area contributed by atoms with E-state index in [1.54, 1.807) is 12.1 Å². The molecule has 0 saturated heterocycles. The Morgan fingerprint density at radius 3 is 2.67 bits per heavy atom. The van der Waals surface area contributed by atoms with Crippen LogP contribution in [0.4, 0.5) is 5.69 Å². The summed E-state index contributed by atoms with van der Waals surface area (Å²) in [4.78, 5) is 4.36. The van der Waals surface area contributed by atoms with Gasteiger partial charge in [-0.1, -0.05) is 37.5 Å². The summed E-state index contributed by atoms with van der Waals surface area (Å²) in [5.74, 6) is 1.17. The predicted octanol–water partition coefficient (Wildman–Crippen LogP) is 3.56. The van der Waals surface area contributed by atoms with Crippen LogP contribution in [0, 0.1) is 5.41 Å². The molecule has 0 fully saturated rings. The Bertz CT molecular complexity index is 558. The van der Waals surface area contributed by atoms with Gasteiger partial charge < -0.3 is 10.3 Å². The first-order valence-electron chi connectivity index (χ1n) is 5.73. The molecule has 0 aliphatic carbocycles. The first kappa shape index (κ1) is 12.9. The lowest BCUT2D eigenvalue weighted by molar-refractivity contribution is 0.374. The molecule has 0 saturated carbocycles. The number of anilines is 1. The van der Waals surface area contributed by atoms with Gasteiger partial charge in [-0.05, 0) is 23.6 Å². The number of benzene rings is 1. The normalized spacial score (nSPS) is 11.8. The van der Waals surface area contributed by atoms with Crippen LogP contribution in [0.2, 0.25) is 5.02 Å². The van der Waals surface area contributed by atoms with Gasteiger partial charge in [-0.2, -0.15) is 4.98 Å². The van der Waals surface area contributed by atoms with Crippen LogP contribution in [0.25, 0.3) is 11.5 Å². The van der Waals surface area contributed by atoms with E-state index in [0.29, 0.717) is 22.4 Å². The smallest absolute Gasteiger partial charge is 0.257 e. The second-order valence-electron chi connectivity index (χ2n) is 5.49. The summed E-state index contributed by atoms with van der Waals surface area (Å²) < 4.78 is 5.23. The fourth-order valence-electron chi connectivity index (χ4n) is 1.58. The largest absolute Gasteiger partial charge is 0.398 e. The molecule has 0 aliphatic rings. The van der Waals surface area contributed by atoms with Crippen molar-refractivity contribution in [3.63, 3.8) is 0 Å². The Hall–Kier alpha value is -1.55. The van der Waals surface area contributed by atoms with Gasteiger partial charge in [-0.3, -0.25) is 0 Å². The van der Waals surface area contributed by atoms with Crippen LogP contribution in [-0.2, 0) is 6.42 Å². The Kier molecular flexibility index (Phi) is 3.30. The fraction of sp³-hybridized carbons (Fsp3) is 0.385. The zero-order valence-electron chi connectivity index (χ0n) is 10.7. The van der Waals surface area contributed by atoms with E-state index >= 15 is 0 Å². The molecule has 5 heteroatoms. The van der Waals surface area contributed by atoms with Gasteiger partial charge in [-0.15, -0.1) is 0 Å². The maximum absolute atomic E-state index is 5.96. The number of halogens is 1. The minimum atomic E-state index is 0.125. The van der Waals surface area contributed by atoms with Crippen LogP contribution in [0.5, 0.6) is 0 Å². The summed E-state index contributed by atoms with van der Waals surface area (Å²) in [7, 11) is 0. The molecule has 1 aromatic heterocycles. The minimum Gasteiger partial charge on any atom is -0.398 e. The molecule has 0 unspecified atom stereocenters. The van der Waals surface area contributed by atoms with Crippen LogP contribution in [0.1, 0.15) is 26.6 Å². The molecule has 96 valence electrons. The zero-order valence-corrected chi connectivity index (χ0v) is 11.5. The van der Waals surface area contributed by atoms with Crippen molar-refractivity contribution in [2.75, 3.05) is 5.73 Å². The van der Waals surface area contributed by atoms with Gasteiger partial charge in [0.2, 0.25) is 0 Å². The topological polar surface area (TPSA) is 64.9 Å². The van der Waals surface area contributed by atoms with Crippen molar-refractivity contribution in [2.24, 2.45) is 5.41 Å². The molecule has 1 aromatic carbocycles. The van der Waals surface area contributed by atoms with E-state index in [-0.39, 0.29) is 5.41 Å². The first-order chi connectivity index (χ1) is 8.35. The lowest BCUT2D eigenvalue weighted by atomic mass is 9.92. The molecule has 1 heterocycles. The van der Waals surface area contributed by atoms with Gasteiger partial charge in [0.25, 0.3) is 5.89 Å². The molecule has 0 atom stereocenters. The second-order valence-corrected chi connectivity index (χ2v) is 5.90. The number of nitrogens with zero attached hydrogens (tertiary/aromatic N) is 2. The molecule has 2 aromatic rings. The maximum atomic E-state index is 5.96. The molecule has 0 bridgehead atoms. The van der Waals surface area contributed by atoms with Crippen molar-refractivity contribution >= 4 is 17.3 Å². The summed E-state index contributed by atoms with van der Waals surface area (Å²) in [6.45, 7) is 6.38. The molecular formula is C13H16ClN3O. The van der Waals surface area contributed by atoms with Crippen molar-refractivity contribution in [3.8, 4) is 11.5 Å². The molecule has 2 rings (SSSR count). The predicted molar refractivity (Wildman–Crippen MR) is 72.3 cm³/mol. The van der Waals surface area contributed by atoms with Gasteiger partial charge in [0.05, 0.1) is 10.7 Å². The van der Waals surface area contributed by atoms with Crippen LogP contribution in [-0.4, -0.2) is 10.1 Å². The van der Waals surface area contributed by atoms with Crippen LogP contribution >= 0.6 is 11.6 Å². The lowest BCUT2D eigenvalue weighted by Crippen LogP contribution is -2.10. The molecule has 0 spiro atoms. The number of hydrogen-bond acceptors (Lipinski definition) is 4. The van der Waals surface area contributed by atoms with E-state index in [0.717, 1.165) is 12.0 Å². The molecule has 0 amide bonds. The summed E-state index contributed by atoms with van der Waals surface area (Å²) in [5.41, 5.74) is 7.10. The van der Waals surface area contributed by atoms with Gasteiger partial charge in [0, 0.05) is 12.0 Å². The molecule has 18 heavy (non-hydrogen) atoms. The maximum Gasteiger partial charge on any atom is 0.257 e. The third kappa shape index (κ3) is 3.01. The van der Waals surface area contributed by atoms with Crippen molar-refractivity contribution in [1.82, 2.24) is 10.1 Å². The highest BCUT2D eigenvalue weighted by Gasteiger charge is 2.17. The number of rotatable bonds is 2. The number of nitrogen functional groups attached to an aromatic ring is 1. The third-order valence-electron chi connectivity index (χ3n) is 2.40. The monoisotopic (exact) mass is 265 g/mol. The fourth-order valence-corrected chi connectivity index (χ4v) is 1.76. The molecular weight excluding hydrogens is 250 g/mol. The van der Waals surface area contributed by atoms with Crippen LogP contribution in [0.15, 0.2) is 22.7 Å². The highest BCUT2D eigenvalue weighted by Crippen LogP contribution is 2.27. The van der Waals surface area contributed by atoms with E-state index in [2.05, 4.69) is 30.9 Å². The van der Waals surface area contributed by atoms with E-state index in [4.69, 9.17) is 21.9 Å². The summed E-state index contributed by atoms with van der Waals surface area (Å²) in [5, 5.41) is 4.46. The van der Waals surface area contributed by atoms with Gasteiger partial charge >= 0.3 is 0 Å². The van der Waals surface area contributed by atoms with Crippen molar-refractivity contribution in [3.05, 3.63) is 29.0 Å².